The summed E-state index contributed by atoms with van der Waals surface area (Å²) in [6, 6.07) is 4.76. The molecule has 2 aliphatic heterocycles. The quantitative estimate of drug-likeness (QED) is 0.489. The molecule has 1 atom stereocenters. The summed E-state index contributed by atoms with van der Waals surface area (Å²) < 4.78 is 43.1. The van der Waals surface area contributed by atoms with Crippen LogP contribution < -0.4 is 9.97 Å². The lowest BCUT2D eigenvalue weighted by Crippen LogP contribution is -2.56. The van der Waals surface area contributed by atoms with Gasteiger partial charge in [-0.2, -0.15) is 8.78 Å². The molecule has 0 spiro atoms. The van der Waals surface area contributed by atoms with Crippen molar-refractivity contribution in [2.24, 2.45) is 0 Å². The van der Waals surface area contributed by atoms with E-state index in [1.54, 1.807) is 12.1 Å². The standard InChI is InChI=1S/C19H25BF2N2O6/c1-2-19(21,22)18(26)23-15-12-13-4-3-5-14(16(13)30-20(15)27)17(25)29-11-8-24-6-9-28-10-7-24/h3-5,15,27H,2,6-12H2,1H3,(H,23,26)/t15-/m0/s1. The number of esters is 1. The van der Waals surface area contributed by atoms with Crippen molar-refractivity contribution in [3.8, 4) is 5.75 Å². The molecule has 8 nitrogen and oxygen atoms in total. The van der Waals surface area contributed by atoms with E-state index in [1.165, 1.54) is 13.0 Å². The maximum atomic E-state index is 13.5. The fourth-order valence-electron chi connectivity index (χ4n) is 3.31. The number of amides is 1. The number of carbonyl (C=O) groups excluding carboxylic acids is 2. The van der Waals surface area contributed by atoms with E-state index in [0.29, 0.717) is 25.3 Å². The first-order chi connectivity index (χ1) is 14.3. The van der Waals surface area contributed by atoms with Gasteiger partial charge >= 0.3 is 19.0 Å². The summed E-state index contributed by atoms with van der Waals surface area (Å²) in [7, 11) is -1.57. The van der Waals surface area contributed by atoms with Crippen LogP contribution in [-0.2, 0) is 20.7 Å². The number of para-hydroxylation sites is 1. The fraction of sp³-hybridized carbons (Fsp3) is 0.579. The third-order valence-corrected chi connectivity index (χ3v) is 5.18. The molecule has 164 valence electrons. The van der Waals surface area contributed by atoms with Gasteiger partial charge in [0.15, 0.2) is 0 Å². The maximum absolute atomic E-state index is 13.5. The Morgan fingerprint density at radius 3 is 2.80 bits per heavy atom. The van der Waals surface area contributed by atoms with Gasteiger partial charge in [-0.1, -0.05) is 19.1 Å². The van der Waals surface area contributed by atoms with E-state index in [2.05, 4.69) is 10.2 Å². The molecule has 11 heteroatoms. The van der Waals surface area contributed by atoms with Crippen molar-refractivity contribution in [1.82, 2.24) is 10.2 Å². The van der Waals surface area contributed by atoms with Crippen LogP contribution in [0.15, 0.2) is 18.2 Å². The van der Waals surface area contributed by atoms with Crippen LogP contribution in [0.25, 0.3) is 0 Å². The second-order valence-electron chi connectivity index (χ2n) is 7.23. The van der Waals surface area contributed by atoms with Crippen molar-refractivity contribution < 1.29 is 37.5 Å². The second kappa shape index (κ2) is 9.72. The van der Waals surface area contributed by atoms with Gasteiger partial charge in [0.1, 0.15) is 17.9 Å². The minimum absolute atomic E-state index is 0.0386. The largest absolute Gasteiger partial charge is 0.547 e. The summed E-state index contributed by atoms with van der Waals surface area (Å²) in [6.07, 6.45) is -0.615. The molecule has 0 unspecified atom stereocenters. The van der Waals surface area contributed by atoms with E-state index in [0.717, 1.165) is 13.1 Å². The molecular weight excluding hydrogens is 401 g/mol. The summed E-state index contributed by atoms with van der Waals surface area (Å²) in [5.41, 5.74) is 0.644. The Morgan fingerprint density at radius 2 is 2.10 bits per heavy atom. The number of halogens is 2. The zero-order valence-corrected chi connectivity index (χ0v) is 16.7. The van der Waals surface area contributed by atoms with Crippen LogP contribution in [0.1, 0.15) is 29.3 Å². The summed E-state index contributed by atoms with van der Waals surface area (Å²) in [5, 5.41) is 12.3. The van der Waals surface area contributed by atoms with Gasteiger partial charge in [-0.05, 0) is 18.1 Å². The molecule has 2 aliphatic rings. The van der Waals surface area contributed by atoms with Crippen LogP contribution in [-0.4, -0.2) is 80.2 Å². The molecule has 0 aliphatic carbocycles. The highest BCUT2D eigenvalue weighted by atomic mass is 19.3. The van der Waals surface area contributed by atoms with Crippen LogP contribution in [0, 0.1) is 0 Å². The summed E-state index contributed by atoms with van der Waals surface area (Å²) >= 11 is 0. The molecular formula is C19H25BF2N2O6. The Balaban J connectivity index is 1.62. The molecule has 3 rings (SSSR count). The molecule has 1 aromatic carbocycles. The number of nitrogens with zero attached hydrogens (tertiary/aromatic N) is 1. The summed E-state index contributed by atoms with van der Waals surface area (Å²) in [5.74, 6) is -6.54. The van der Waals surface area contributed by atoms with Gasteiger partial charge in [-0.15, -0.1) is 0 Å². The molecule has 1 amide bonds. The van der Waals surface area contributed by atoms with Crippen LogP contribution in [0.4, 0.5) is 8.78 Å². The van der Waals surface area contributed by atoms with Crippen LogP contribution >= 0.6 is 0 Å². The SMILES string of the molecule is CCC(F)(F)C(=O)N[C@H]1Cc2cccc(C(=O)OCCN3CCOCC3)c2OB1O. The maximum Gasteiger partial charge on any atom is 0.547 e. The Kier molecular flexibility index (Phi) is 7.27. The number of ether oxygens (including phenoxy) is 2. The second-order valence-corrected chi connectivity index (χ2v) is 7.23. The monoisotopic (exact) mass is 426 g/mol. The molecule has 0 radical (unpaired) electrons. The van der Waals surface area contributed by atoms with Crippen LogP contribution in [0.5, 0.6) is 5.75 Å². The smallest absolute Gasteiger partial charge is 0.534 e. The fourth-order valence-corrected chi connectivity index (χ4v) is 3.31. The normalized spacial score (nSPS) is 19.6. The highest BCUT2D eigenvalue weighted by Gasteiger charge is 2.43. The van der Waals surface area contributed by atoms with Gasteiger partial charge < -0.3 is 24.5 Å². The third kappa shape index (κ3) is 5.27. The molecule has 0 bridgehead atoms. The van der Waals surface area contributed by atoms with Crippen LogP contribution in [0.3, 0.4) is 0 Å². The number of morpholine rings is 1. The van der Waals surface area contributed by atoms with E-state index in [1.807, 2.05) is 0 Å². The highest BCUT2D eigenvalue weighted by Crippen LogP contribution is 2.31. The minimum atomic E-state index is -3.54. The van der Waals surface area contributed by atoms with E-state index in [9.17, 15) is 23.4 Å². The molecule has 2 heterocycles. The lowest BCUT2D eigenvalue weighted by atomic mass is 9.72. The molecule has 0 aromatic heterocycles. The van der Waals surface area contributed by atoms with Gasteiger partial charge in [-0.25, -0.2) is 4.79 Å². The number of alkyl halides is 2. The Bertz CT molecular complexity index is 775. The molecule has 30 heavy (non-hydrogen) atoms. The lowest BCUT2D eigenvalue weighted by Gasteiger charge is -2.30. The molecule has 1 saturated heterocycles. The van der Waals surface area contributed by atoms with E-state index in [4.69, 9.17) is 14.1 Å². The predicted molar refractivity (Wildman–Crippen MR) is 103 cm³/mol. The number of hydrogen-bond acceptors (Lipinski definition) is 7. The van der Waals surface area contributed by atoms with E-state index in [-0.39, 0.29) is 24.3 Å². The van der Waals surface area contributed by atoms with Gasteiger partial charge in [-0.3, -0.25) is 9.69 Å². The number of hydrogen-bond donors (Lipinski definition) is 2. The molecule has 1 aromatic rings. The van der Waals surface area contributed by atoms with Crippen LogP contribution in [0.2, 0.25) is 0 Å². The number of rotatable bonds is 7. The van der Waals surface area contributed by atoms with Crippen molar-refractivity contribution >= 4 is 19.0 Å². The Morgan fingerprint density at radius 1 is 1.37 bits per heavy atom. The Hall–Kier alpha value is -2.24. The number of fused-ring (bicyclic) bond motifs is 1. The van der Waals surface area contributed by atoms with Gasteiger partial charge in [0.25, 0.3) is 5.91 Å². The highest BCUT2D eigenvalue weighted by molar-refractivity contribution is 6.47. The summed E-state index contributed by atoms with van der Waals surface area (Å²) in [4.78, 5) is 26.4. The van der Waals surface area contributed by atoms with Gasteiger partial charge in [0.2, 0.25) is 0 Å². The Labute approximate surface area is 173 Å². The predicted octanol–water partition coefficient (Wildman–Crippen LogP) is 0.660. The topological polar surface area (TPSA) is 97.3 Å². The number of nitrogens with one attached hydrogen (secondary N) is 1. The van der Waals surface area contributed by atoms with E-state index >= 15 is 0 Å². The van der Waals surface area contributed by atoms with Gasteiger partial charge in [0, 0.05) is 26.1 Å². The number of carbonyl (C=O) groups is 2. The first kappa shape index (κ1) is 22.5. The average Bonchev–Trinajstić information content (AvgIpc) is 2.74. The third-order valence-electron chi connectivity index (χ3n) is 5.18. The first-order valence-corrected chi connectivity index (χ1v) is 9.94. The van der Waals surface area contributed by atoms with Crippen molar-refractivity contribution in [3.05, 3.63) is 29.3 Å². The van der Waals surface area contributed by atoms with Crippen molar-refractivity contribution in [2.75, 3.05) is 39.5 Å². The zero-order valence-electron chi connectivity index (χ0n) is 16.7. The molecule has 2 N–H and O–H groups in total. The summed E-state index contributed by atoms with van der Waals surface area (Å²) in [6.45, 7) is 4.81. The lowest BCUT2D eigenvalue weighted by molar-refractivity contribution is -0.146. The van der Waals surface area contributed by atoms with Gasteiger partial charge in [0.05, 0.1) is 19.2 Å². The zero-order chi connectivity index (χ0) is 21.7. The van der Waals surface area contributed by atoms with Crippen molar-refractivity contribution in [2.45, 2.75) is 31.6 Å². The van der Waals surface area contributed by atoms with E-state index < -0.39 is 37.3 Å². The molecule has 0 saturated carbocycles. The van der Waals surface area contributed by atoms with Crippen molar-refractivity contribution in [1.29, 1.82) is 0 Å². The average molecular weight is 426 g/mol. The molecule has 1 fully saturated rings. The minimum Gasteiger partial charge on any atom is -0.534 e. The first-order valence-electron chi connectivity index (χ1n) is 9.94. The number of benzene rings is 1. The van der Waals surface area contributed by atoms with Crippen molar-refractivity contribution in [3.63, 3.8) is 0 Å².